The Morgan fingerprint density at radius 1 is 1.47 bits per heavy atom. The fourth-order valence-corrected chi connectivity index (χ4v) is 2.00. The molecule has 0 saturated carbocycles. The molecule has 0 N–H and O–H groups in total. The summed E-state index contributed by atoms with van der Waals surface area (Å²) in [6, 6.07) is 2.74. The molecule has 3 nitrogen and oxygen atoms in total. The SMILES string of the molecule is CCc1cc(CN(CCCCl)C(C)C)n(C)n1. The average Bonchev–Trinajstić information content (AvgIpc) is 2.65. The third kappa shape index (κ3) is 4.32. The molecule has 1 aromatic rings. The van der Waals surface area contributed by atoms with Gasteiger partial charge in [-0.15, -0.1) is 11.6 Å². The van der Waals surface area contributed by atoms with E-state index in [-0.39, 0.29) is 0 Å². The normalized spacial score (nSPS) is 11.7. The fraction of sp³-hybridized carbons (Fsp3) is 0.769. The second-order valence-electron chi connectivity index (χ2n) is 4.71. The van der Waals surface area contributed by atoms with Crippen LogP contribution in [0.25, 0.3) is 0 Å². The number of aromatic nitrogens is 2. The van der Waals surface area contributed by atoms with E-state index in [1.54, 1.807) is 0 Å². The molecule has 0 bridgehead atoms. The highest BCUT2D eigenvalue weighted by Crippen LogP contribution is 2.11. The first-order valence-corrected chi connectivity index (χ1v) is 6.93. The van der Waals surface area contributed by atoms with Gasteiger partial charge in [-0.25, -0.2) is 0 Å². The van der Waals surface area contributed by atoms with Crippen molar-refractivity contribution in [3.63, 3.8) is 0 Å². The third-order valence-electron chi connectivity index (χ3n) is 3.06. The number of hydrogen-bond donors (Lipinski definition) is 0. The molecule has 1 aromatic heterocycles. The number of alkyl halides is 1. The van der Waals surface area contributed by atoms with Gasteiger partial charge in [0.25, 0.3) is 0 Å². The molecule has 1 rings (SSSR count). The Bertz CT molecular complexity index is 333. The molecule has 0 aliphatic rings. The Kier molecular flexibility index (Phi) is 6.00. The van der Waals surface area contributed by atoms with Gasteiger partial charge in [-0.3, -0.25) is 9.58 Å². The van der Waals surface area contributed by atoms with E-state index in [0.29, 0.717) is 6.04 Å². The first-order valence-electron chi connectivity index (χ1n) is 6.40. The topological polar surface area (TPSA) is 21.1 Å². The average molecular weight is 258 g/mol. The number of nitrogens with zero attached hydrogens (tertiary/aromatic N) is 3. The van der Waals surface area contributed by atoms with Gasteiger partial charge in [0.15, 0.2) is 0 Å². The van der Waals surface area contributed by atoms with Gasteiger partial charge in [-0.1, -0.05) is 6.92 Å². The Hall–Kier alpha value is -0.540. The third-order valence-corrected chi connectivity index (χ3v) is 3.33. The predicted molar refractivity (Wildman–Crippen MR) is 73.5 cm³/mol. The predicted octanol–water partition coefficient (Wildman–Crippen LogP) is 2.82. The van der Waals surface area contributed by atoms with Crippen molar-refractivity contribution in [3.05, 3.63) is 17.5 Å². The minimum Gasteiger partial charge on any atom is -0.295 e. The van der Waals surface area contributed by atoms with Gasteiger partial charge < -0.3 is 0 Å². The van der Waals surface area contributed by atoms with Gasteiger partial charge in [-0.2, -0.15) is 5.10 Å². The molecule has 1 heterocycles. The summed E-state index contributed by atoms with van der Waals surface area (Å²) >= 11 is 5.77. The molecule has 0 aliphatic carbocycles. The molecule has 17 heavy (non-hydrogen) atoms. The maximum absolute atomic E-state index is 5.77. The molecule has 0 spiro atoms. The van der Waals surface area contributed by atoms with Crippen LogP contribution in [0.15, 0.2) is 6.07 Å². The van der Waals surface area contributed by atoms with Crippen molar-refractivity contribution in [2.45, 2.75) is 46.2 Å². The Morgan fingerprint density at radius 2 is 2.18 bits per heavy atom. The zero-order valence-electron chi connectivity index (χ0n) is 11.4. The van der Waals surface area contributed by atoms with Crippen molar-refractivity contribution in [3.8, 4) is 0 Å². The Balaban J connectivity index is 2.67. The molecule has 0 saturated heterocycles. The van der Waals surface area contributed by atoms with E-state index in [2.05, 4.69) is 36.8 Å². The van der Waals surface area contributed by atoms with Crippen molar-refractivity contribution in [1.29, 1.82) is 0 Å². The van der Waals surface area contributed by atoms with E-state index < -0.39 is 0 Å². The molecule has 0 radical (unpaired) electrons. The molecule has 0 fully saturated rings. The molecule has 0 aliphatic heterocycles. The number of aryl methyl sites for hydroxylation is 2. The number of hydrogen-bond acceptors (Lipinski definition) is 2. The summed E-state index contributed by atoms with van der Waals surface area (Å²) in [5.41, 5.74) is 2.45. The number of rotatable bonds is 7. The van der Waals surface area contributed by atoms with Crippen LogP contribution in [0.5, 0.6) is 0 Å². The first-order chi connectivity index (χ1) is 8.08. The highest BCUT2D eigenvalue weighted by Gasteiger charge is 2.12. The van der Waals surface area contributed by atoms with E-state index in [9.17, 15) is 0 Å². The minimum atomic E-state index is 0.540. The maximum Gasteiger partial charge on any atom is 0.0625 e. The zero-order valence-corrected chi connectivity index (χ0v) is 12.2. The van der Waals surface area contributed by atoms with Gasteiger partial charge in [-0.05, 0) is 39.3 Å². The fourth-order valence-electron chi connectivity index (χ4n) is 1.88. The van der Waals surface area contributed by atoms with Crippen LogP contribution >= 0.6 is 11.6 Å². The van der Waals surface area contributed by atoms with Crippen molar-refractivity contribution < 1.29 is 0 Å². The second kappa shape index (κ2) is 7.02. The summed E-state index contributed by atoms with van der Waals surface area (Å²) < 4.78 is 1.99. The van der Waals surface area contributed by atoms with E-state index in [1.807, 2.05) is 11.7 Å². The monoisotopic (exact) mass is 257 g/mol. The molecule has 4 heteroatoms. The van der Waals surface area contributed by atoms with Crippen LogP contribution in [0.4, 0.5) is 0 Å². The lowest BCUT2D eigenvalue weighted by Gasteiger charge is -2.26. The summed E-state index contributed by atoms with van der Waals surface area (Å²) in [5, 5.41) is 4.49. The van der Waals surface area contributed by atoms with Crippen LogP contribution in [-0.2, 0) is 20.0 Å². The maximum atomic E-state index is 5.77. The summed E-state index contributed by atoms with van der Waals surface area (Å²) in [5.74, 6) is 0.731. The second-order valence-corrected chi connectivity index (χ2v) is 5.09. The van der Waals surface area contributed by atoms with Crippen LogP contribution in [0.1, 0.15) is 38.6 Å². The van der Waals surface area contributed by atoms with Crippen molar-refractivity contribution >= 4 is 11.6 Å². The standard InChI is InChI=1S/C13H24ClN3/c1-5-12-9-13(16(4)15-12)10-17(11(2)3)8-6-7-14/h9,11H,5-8,10H2,1-4H3. The van der Waals surface area contributed by atoms with Crippen molar-refractivity contribution in [1.82, 2.24) is 14.7 Å². The van der Waals surface area contributed by atoms with Crippen LogP contribution in [0.3, 0.4) is 0 Å². The number of halogens is 1. The first kappa shape index (κ1) is 14.5. The molecular formula is C13H24ClN3. The van der Waals surface area contributed by atoms with Crippen LogP contribution in [0.2, 0.25) is 0 Å². The highest BCUT2D eigenvalue weighted by molar-refractivity contribution is 6.17. The largest absolute Gasteiger partial charge is 0.295 e. The lowest BCUT2D eigenvalue weighted by Crippen LogP contribution is -2.32. The summed E-state index contributed by atoms with van der Waals surface area (Å²) in [4.78, 5) is 2.44. The minimum absolute atomic E-state index is 0.540. The van der Waals surface area contributed by atoms with Gasteiger partial charge in [0.05, 0.1) is 11.4 Å². The van der Waals surface area contributed by atoms with Gasteiger partial charge in [0, 0.05) is 25.5 Å². The van der Waals surface area contributed by atoms with E-state index in [0.717, 1.165) is 31.8 Å². The lowest BCUT2D eigenvalue weighted by molar-refractivity contribution is 0.208. The zero-order chi connectivity index (χ0) is 12.8. The van der Waals surface area contributed by atoms with E-state index in [1.165, 1.54) is 11.4 Å². The summed E-state index contributed by atoms with van der Waals surface area (Å²) in [7, 11) is 2.02. The Labute approximate surface area is 110 Å². The Morgan fingerprint density at radius 3 is 2.65 bits per heavy atom. The molecule has 0 amide bonds. The van der Waals surface area contributed by atoms with Crippen molar-refractivity contribution in [2.24, 2.45) is 7.05 Å². The van der Waals surface area contributed by atoms with E-state index >= 15 is 0 Å². The van der Waals surface area contributed by atoms with Gasteiger partial charge >= 0.3 is 0 Å². The summed E-state index contributed by atoms with van der Waals surface area (Å²) in [6.45, 7) is 8.60. The highest BCUT2D eigenvalue weighted by atomic mass is 35.5. The van der Waals surface area contributed by atoms with Crippen molar-refractivity contribution in [2.75, 3.05) is 12.4 Å². The van der Waals surface area contributed by atoms with E-state index in [4.69, 9.17) is 11.6 Å². The smallest absolute Gasteiger partial charge is 0.0625 e. The lowest BCUT2D eigenvalue weighted by atomic mass is 10.2. The van der Waals surface area contributed by atoms with Crippen LogP contribution < -0.4 is 0 Å². The van der Waals surface area contributed by atoms with Gasteiger partial charge in [0.1, 0.15) is 0 Å². The molecular weight excluding hydrogens is 234 g/mol. The molecule has 0 atom stereocenters. The van der Waals surface area contributed by atoms with Gasteiger partial charge in [0.2, 0.25) is 0 Å². The summed E-state index contributed by atoms with van der Waals surface area (Å²) in [6.07, 6.45) is 2.04. The van der Waals surface area contributed by atoms with Crippen LogP contribution in [0, 0.1) is 0 Å². The van der Waals surface area contributed by atoms with Crippen LogP contribution in [-0.4, -0.2) is 33.1 Å². The molecule has 0 unspecified atom stereocenters. The quantitative estimate of drug-likeness (QED) is 0.701. The molecule has 98 valence electrons. The molecule has 0 aromatic carbocycles.